The van der Waals surface area contributed by atoms with Crippen LogP contribution in [0.4, 0.5) is 4.79 Å². The minimum atomic E-state index is -0.892. The van der Waals surface area contributed by atoms with Crippen LogP contribution >= 0.6 is 12.4 Å². The van der Waals surface area contributed by atoms with E-state index in [-0.39, 0.29) is 18.0 Å². The molecular weight excluding hydrogens is 430 g/mol. The van der Waals surface area contributed by atoms with Gasteiger partial charge in [-0.2, -0.15) is 0 Å². The van der Waals surface area contributed by atoms with Gasteiger partial charge < -0.3 is 10.5 Å². The van der Waals surface area contributed by atoms with Gasteiger partial charge in [0.2, 0.25) is 0 Å². The van der Waals surface area contributed by atoms with Gasteiger partial charge in [-0.3, -0.25) is 14.9 Å². The van der Waals surface area contributed by atoms with E-state index < -0.39 is 18.1 Å². The third-order valence-corrected chi connectivity index (χ3v) is 5.34. The molecule has 7 nitrogen and oxygen atoms in total. The maximum absolute atomic E-state index is 11.6. The first-order valence-corrected chi connectivity index (χ1v) is 10.2. The first-order valence-electron chi connectivity index (χ1n) is 10.2. The number of nitrogens with zero attached hydrogens (tertiary/aromatic N) is 1. The van der Waals surface area contributed by atoms with Crippen molar-refractivity contribution in [3.05, 3.63) is 82.9 Å². The Morgan fingerprint density at radius 2 is 1.56 bits per heavy atom. The second-order valence-electron chi connectivity index (χ2n) is 7.28. The molecule has 0 bridgehead atoms. The van der Waals surface area contributed by atoms with Crippen LogP contribution in [-0.2, 0) is 11.3 Å². The molecule has 2 amide bonds. The van der Waals surface area contributed by atoms with Crippen LogP contribution in [0.3, 0.4) is 0 Å². The third-order valence-electron chi connectivity index (χ3n) is 5.34. The van der Waals surface area contributed by atoms with Crippen molar-refractivity contribution in [2.24, 2.45) is 5.73 Å². The first kappa shape index (κ1) is 25.1. The molecule has 8 heteroatoms. The zero-order valence-corrected chi connectivity index (χ0v) is 18.9. The number of halogens is 1. The zero-order chi connectivity index (χ0) is 22.4. The highest BCUT2D eigenvalue weighted by molar-refractivity contribution is 5.93. The summed E-state index contributed by atoms with van der Waals surface area (Å²) in [6, 6.07) is 18.6. The summed E-state index contributed by atoms with van der Waals surface area (Å²) in [6.45, 7) is 7.19. The molecule has 32 heavy (non-hydrogen) atoms. The Bertz CT molecular complexity index is 1070. The number of nitrogens with two attached hydrogens (primary N) is 1. The number of hydrogen-bond donors (Lipinski definition) is 3. The molecule has 1 atom stereocenters. The second-order valence-corrected chi connectivity index (χ2v) is 7.28. The largest absolute Gasteiger partial charge is 0.437 e. The number of rotatable bonds is 8. The van der Waals surface area contributed by atoms with Crippen molar-refractivity contribution in [1.29, 1.82) is 0 Å². The Morgan fingerprint density at radius 1 is 0.969 bits per heavy atom. The molecule has 4 N–H and O–H groups in total. The molecule has 3 aromatic carbocycles. The van der Waals surface area contributed by atoms with Crippen molar-refractivity contribution >= 4 is 35.2 Å². The summed E-state index contributed by atoms with van der Waals surface area (Å²) in [5, 5.41) is 10.9. The average Bonchev–Trinajstić information content (AvgIpc) is 2.80. The van der Waals surface area contributed by atoms with E-state index in [9.17, 15) is 9.59 Å². The van der Waals surface area contributed by atoms with Crippen LogP contribution in [0.25, 0.3) is 10.8 Å². The predicted molar refractivity (Wildman–Crippen MR) is 126 cm³/mol. The fourth-order valence-corrected chi connectivity index (χ4v) is 3.60. The lowest BCUT2D eigenvalue weighted by Gasteiger charge is -2.20. The van der Waals surface area contributed by atoms with Crippen molar-refractivity contribution < 1.29 is 19.5 Å². The predicted octanol–water partition coefficient (Wildman–Crippen LogP) is 4.41. The molecule has 0 aliphatic heterocycles. The molecule has 0 fully saturated rings. The minimum Gasteiger partial charge on any atom is -0.437 e. The molecule has 0 spiro atoms. The molecule has 170 valence electrons. The van der Waals surface area contributed by atoms with E-state index in [0.29, 0.717) is 5.56 Å². The normalized spacial score (nSPS) is 11.6. The molecule has 0 aliphatic carbocycles. The number of nitrogens with one attached hydrogen (secondary N) is 1. The van der Waals surface area contributed by atoms with Crippen LogP contribution in [-0.4, -0.2) is 35.2 Å². The van der Waals surface area contributed by atoms with Crippen LogP contribution in [0.1, 0.15) is 47.0 Å². The molecule has 0 aromatic heterocycles. The van der Waals surface area contributed by atoms with Crippen LogP contribution in [0.2, 0.25) is 0 Å². The Morgan fingerprint density at radius 3 is 2.16 bits per heavy atom. The van der Waals surface area contributed by atoms with Gasteiger partial charge in [0.15, 0.2) is 6.10 Å². The fourth-order valence-electron chi connectivity index (χ4n) is 3.60. The highest BCUT2D eigenvalue weighted by Crippen LogP contribution is 2.29. The maximum Gasteiger partial charge on any atom is 0.405 e. The number of fused-ring (bicyclic) bond motifs is 1. The van der Waals surface area contributed by atoms with E-state index in [0.717, 1.165) is 36.0 Å². The number of carbonyl (C=O) groups excluding carboxylic acids is 2. The smallest absolute Gasteiger partial charge is 0.405 e. The van der Waals surface area contributed by atoms with Crippen molar-refractivity contribution in [2.45, 2.75) is 26.5 Å². The average molecular weight is 458 g/mol. The van der Waals surface area contributed by atoms with Crippen molar-refractivity contribution in [3.8, 4) is 0 Å². The topological polar surface area (TPSA) is 105 Å². The molecule has 3 aromatic rings. The number of ether oxygens (including phenoxy) is 1. The summed E-state index contributed by atoms with van der Waals surface area (Å²) in [6.07, 6.45) is -1.61. The molecule has 0 saturated heterocycles. The molecule has 0 saturated carbocycles. The molecular formula is C24H28ClN3O4. The SMILES string of the molecule is CCN(CC)Cc1ccc2cc(C(OC(N)=O)c3ccc(C(=O)NO)cc3)ccc2c1.Cl. The highest BCUT2D eigenvalue weighted by atomic mass is 35.5. The molecule has 0 heterocycles. The van der Waals surface area contributed by atoms with Crippen molar-refractivity contribution in [3.63, 3.8) is 0 Å². The molecule has 0 aliphatic rings. The Labute approximate surface area is 193 Å². The van der Waals surface area contributed by atoms with E-state index in [2.05, 4.69) is 36.9 Å². The van der Waals surface area contributed by atoms with E-state index >= 15 is 0 Å². The number of benzene rings is 3. The van der Waals surface area contributed by atoms with Crippen LogP contribution < -0.4 is 11.2 Å². The third kappa shape index (κ3) is 5.97. The number of primary amides is 1. The number of carbonyl (C=O) groups is 2. The molecule has 1 unspecified atom stereocenters. The monoisotopic (exact) mass is 457 g/mol. The van der Waals surface area contributed by atoms with Gasteiger partial charge in [-0.05, 0) is 64.8 Å². The highest BCUT2D eigenvalue weighted by Gasteiger charge is 2.19. The fraction of sp³-hybridized carbons (Fsp3) is 0.250. The first-order chi connectivity index (χ1) is 14.9. The Kier molecular flexibility index (Phi) is 9.02. The number of amides is 2. The van der Waals surface area contributed by atoms with Crippen LogP contribution in [0, 0.1) is 0 Å². The van der Waals surface area contributed by atoms with E-state index in [1.165, 1.54) is 5.56 Å². The lowest BCUT2D eigenvalue weighted by molar-refractivity contribution is 0.0706. The van der Waals surface area contributed by atoms with Gasteiger partial charge in [-0.1, -0.05) is 50.2 Å². The van der Waals surface area contributed by atoms with Gasteiger partial charge in [0.1, 0.15) is 0 Å². The summed E-state index contributed by atoms with van der Waals surface area (Å²) < 4.78 is 5.39. The number of hydrogen-bond acceptors (Lipinski definition) is 5. The Balaban J connectivity index is 0.00000363. The van der Waals surface area contributed by atoms with Crippen molar-refractivity contribution in [2.75, 3.05) is 13.1 Å². The summed E-state index contributed by atoms with van der Waals surface area (Å²) in [5.74, 6) is -0.620. The van der Waals surface area contributed by atoms with Gasteiger partial charge >= 0.3 is 6.09 Å². The van der Waals surface area contributed by atoms with Gasteiger partial charge in [-0.25, -0.2) is 10.3 Å². The summed E-state index contributed by atoms with van der Waals surface area (Å²) >= 11 is 0. The second kappa shape index (κ2) is 11.5. The Hall–Kier alpha value is -3.13. The van der Waals surface area contributed by atoms with E-state index in [1.807, 2.05) is 18.2 Å². The summed E-state index contributed by atoms with van der Waals surface area (Å²) in [7, 11) is 0. The van der Waals surface area contributed by atoms with Crippen LogP contribution in [0.15, 0.2) is 60.7 Å². The van der Waals surface area contributed by atoms with Gasteiger partial charge in [0.05, 0.1) is 0 Å². The standard InChI is InChI=1S/C24H27N3O4.ClH/c1-3-27(4-2)15-16-5-6-20-14-21(12-11-19(20)13-16)22(31-24(25)29)17-7-9-18(10-8-17)23(28)26-30;/h5-14,22,30H,3-4,15H2,1-2H3,(H2,25,29)(H,26,28);1H. The molecule has 0 radical (unpaired) electrons. The molecule has 3 rings (SSSR count). The van der Waals surface area contributed by atoms with Gasteiger partial charge in [0.25, 0.3) is 5.91 Å². The maximum atomic E-state index is 11.6. The van der Waals surface area contributed by atoms with Gasteiger partial charge in [0, 0.05) is 12.1 Å². The van der Waals surface area contributed by atoms with E-state index in [1.54, 1.807) is 29.7 Å². The summed E-state index contributed by atoms with van der Waals surface area (Å²) in [4.78, 5) is 25.5. The lowest BCUT2D eigenvalue weighted by Crippen LogP contribution is -2.22. The van der Waals surface area contributed by atoms with Crippen LogP contribution in [0.5, 0.6) is 0 Å². The lowest BCUT2D eigenvalue weighted by atomic mass is 9.96. The summed E-state index contributed by atoms with van der Waals surface area (Å²) in [5.41, 5.74) is 9.85. The zero-order valence-electron chi connectivity index (χ0n) is 18.1. The number of hydroxylamine groups is 1. The minimum absolute atomic E-state index is 0. The van der Waals surface area contributed by atoms with Crippen molar-refractivity contribution in [1.82, 2.24) is 10.4 Å². The van der Waals surface area contributed by atoms with E-state index in [4.69, 9.17) is 15.7 Å². The quantitative estimate of drug-likeness (QED) is 0.343. The van der Waals surface area contributed by atoms with Gasteiger partial charge in [-0.15, -0.1) is 12.4 Å².